The molecule has 0 aliphatic heterocycles. The van der Waals surface area contributed by atoms with Gasteiger partial charge in [0.2, 0.25) is 0 Å². The Labute approximate surface area is 148 Å². The van der Waals surface area contributed by atoms with Crippen LogP contribution in [-0.2, 0) is 16.1 Å². The first kappa shape index (κ1) is 20.8. The van der Waals surface area contributed by atoms with E-state index in [1.165, 1.54) is 0 Å². The average Bonchev–Trinajstić information content (AvgIpc) is 2.49. The second-order valence-corrected chi connectivity index (χ2v) is 6.88. The fourth-order valence-corrected chi connectivity index (χ4v) is 2.03. The van der Waals surface area contributed by atoms with Crippen molar-refractivity contribution < 1.29 is 24.2 Å². The summed E-state index contributed by atoms with van der Waals surface area (Å²) in [6.45, 7) is 7.28. The standard InChI is InChI=1S/C18H28N2O5/c1-13(20-17(23)25-18(2,3)4)10-15(21)11-19-16(22)24-12-14-8-6-5-7-9-14/h5-9,13,15,21H,10-12H2,1-4H3,(H,19,22)(H,20,23)/t13-,15-/m1/s1. The van der Waals surface area contributed by atoms with Crippen LogP contribution in [-0.4, -0.2) is 41.6 Å². The van der Waals surface area contributed by atoms with Crippen LogP contribution in [0.25, 0.3) is 0 Å². The molecule has 2 amide bonds. The smallest absolute Gasteiger partial charge is 0.407 e. The summed E-state index contributed by atoms with van der Waals surface area (Å²) in [5.41, 5.74) is 0.306. The van der Waals surface area contributed by atoms with Gasteiger partial charge in [0.1, 0.15) is 12.2 Å². The summed E-state index contributed by atoms with van der Waals surface area (Å²) < 4.78 is 10.2. The van der Waals surface area contributed by atoms with Crippen molar-refractivity contribution in [1.29, 1.82) is 0 Å². The second-order valence-electron chi connectivity index (χ2n) is 6.88. The average molecular weight is 352 g/mol. The number of benzene rings is 1. The molecule has 0 heterocycles. The third kappa shape index (κ3) is 10.2. The Kier molecular flexibility index (Phi) is 8.21. The molecule has 7 nitrogen and oxygen atoms in total. The number of nitrogens with one attached hydrogen (secondary N) is 2. The number of ether oxygens (including phenoxy) is 2. The minimum Gasteiger partial charge on any atom is -0.445 e. The van der Waals surface area contributed by atoms with Crippen LogP contribution in [0.5, 0.6) is 0 Å². The number of carbonyl (C=O) groups excluding carboxylic acids is 2. The predicted molar refractivity (Wildman–Crippen MR) is 94.1 cm³/mol. The van der Waals surface area contributed by atoms with Gasteiger partial charge in [-0.15, -0.1) is 0 Å². The molecule has 0 saturated carbocycles. The topological polar surface area (TPSA) is 96.9 Å². The van der Waals surface area contributed by atoms with Crippen LogP contribution in [0.4, 0.5) is 9.59 Å². The van der Waals surface area contributed by atoms with E-state index in [1.54, 1.807) is 27.7 Å². The van der Waals surface area contributed by atoms with E-state index in [4.69, 9.17) is 9.47 Å². The van der Waals surface area contributed by atoms with Gasteiger partial charge in [-0.05, 0) is 39.7 Å². The molecular weight excluding hydrogens is 324 g/mol. The van der Waals surface area contributed by atoms with Gasteiger partial charge in [-0.2, -0.15) is 0 Å². The first-order valence-corrected chi connectivity index (χ1v) is 8.28. The second kappa shape index (κ2) is 9.88. The molecule has 1 aromatic carbocycles. The van der Waals surface area contributed by atoms with Crippen molar-refractivity contribution in [2.24, 2.45) is 0 Å². The van der Waals surface area contributed by atoms with E-state index in [9.17, 15) is 14.7 Å². The molecule has 1 aromatic rings. The van der Waals surface area contributed by atoms with Gasteiger partial charge in [-0.1, -0.05) is 30.3 Å². The van der Waals surface area contributed by atoms with Crippen LogP contribution >= 0.6 is 0 Å². The molecule has 140 valence electrons. The highest BCUT2D eigenvalue weighted by atomic mass is 16.6. The number of alkyl carbamates (subject to hydrolysis) is 2. The lowest BCUT2D eigenvalue weighted by Gasteiger charge is -2.23. The number of hydrogen-bond donors (Lipinski definition) is 3. The largest absolute Gasteiger partial charge is 0.445 e. The van der Waals surface area contributed by atoms with Crippen LogP contribution in [0.1, 0.15) is 39.7 Å². The molecule has 0 unspecified atom stereocenters. The van der Waals surface area contributed by atoms with Gasteiger partial charge in [0.25, 0.3) is 0 Å². The van der Waals surface area contributed by atoms with Crippen LogP contribution < -0.4 is 10.6 Å². The Morgan fingerprint density at radius 1 is 1.16 bits per heavy atom. The number of amides is 2. The Morgan fingerprint density at radius 3 is 2.40 bits per heavy atom. The molecule has 25 heavy (non-hydrogen) atoms. The third-order valence-corrected chi connectivity index (χ3v) is 3.08. The Bertz CT molecular complexity index is 542. The molecular formula is C18H28N2O5. The van der Waals surface area contributed by atoms with Gasteiger partial charge in [0, 0.05) is 12.6 Å². The number of rotatable bonds is 7. The van der Waals surface area contributed by atoms with E-state index < -0.39 is 23.9 Å². The minimum atomic E-state index is -0.811. The Morgan fingerprint density at radius 2 is 1.80 bits per heavy atom. The molecule has 2 atom stereocenters. The van der Waals surface area contributed by atoms with Crippen molar-refractivity contribution >= 4 is 12.2 Å². The lowest BCUT2D eigenvalue weighted by molar-refractivity contribution is 0.0488. The zero-order chi connectivity index (χ0) is 18.9. The van der Waals surface area contributed by atoms with Gasteiger partial charge < -0.3 is 25.2 Å². The van der Waals surface area contributed by atoms with Gasteiger partial charge >= 0.3 is 12.2 Å². The van der Waals surface area contributed by atoms with Gasteiger partial charge in [0.05, 0.1) is 6.10 Å². The zero-order valence-electron chi connectivity index (χ0n) is 15.2. The SMILES string of the molecule is C[C@H](C[C@@H](O)CNC(=O)OCc1ccccc1)NC(=O)OC(C)(C)C. The molecule has 0 aliphatic rings. The van der Waals surface area contributed by atoms with Crippen molar-refractivity contribution in [1.82, 2.24) is 10.6 Å². The molecule has 3 N–H and O–H groups in total. The summed E-state index contributed by atoms with van der Waals surface area (Å²) in [5.74, 6) is 0. The van der Waals surface area contributed by atoms with Crippen molar-refractivity contribution in [3.8, 4) is 0 Å². The first-order valence-electron chi connectivity index (χ1n) is 8.28. The highest BCUT2D eigenvalue weighted by molar-refractivity contribution is 5.68. The van der Waals surface area contributed by atoms with Crippen LogP contribution in [0.2, 0.25) is 0 Å². The van der Waals surface area contributed by atoms with E-state index in [1.807, 2.05) is 30.3 Å². The van der Waals surface area contributed by atoms with Crippen molar-refractivity contribution in [3.05, 3.63) is 35.9 Å². The molecule has 0 saturated heterocycles. The van der Waals surface area contributed by atoms with E-state index in [0.717, 1.165) is 5.56 Å². The highest BCUT2D eigenvalue weighted by Crippen LogP contribution is 2.07. The first-order chi connectivity index (χ1) is 11.7. The number of hydrogen-bond acceptors (Lipinski definition) is 5. The summed E-state index contributed by atoms with van der Waals surface area (Å²) >= 11 is 0. The Hall–Kier alpha value is -2.28. The van der Waals surface area contributed by atoms with Crippen LogP contribution in [0.3, 0.4) is 0 Å². The third-order valence-electron chi connectivity index (χ3n) is 3.08. The van der Waals surface area contributed by atoms with Crippen molar-refractivity contribution in [2.45, 2.75) is 58.5 Å². The van der Waals surface area contributed by atoms with E-state index >= 15 is 0 Å². The maximum absolute atomic E-state index is 11.6. The predicted octanol–water partition coefficient (Wildman–Crippen LogP) is 2.58. The van der Waals surface area contributed by atoms with E-state index in [2.05, 4.69) is 10.6 Å². The summed E-state index contributed by atoms with van der Waals surface area (Å²) in [5, 5.41) is 15.1. The monoisotopic (exact) mass is 352 g/mol. The molecule has 0 radical (unpaired) electrons. The highest BCUT2D eigenvalue weighted by Gasteiger charge is 2.19. The minimum absolute atomic E-state index is 0.0357. The summed E-state index contributed by atoms with van der Waals surface area (Å²) in [4.78, 5) is 23.2. The fourth-order valence-electron chi connectivity index (χ4n) is 2.03. The maximum atomic E-state index is 11.6. The molecule has 0 aliphatic carbocycles. The normalized spacial score (nSPS) is 13.5. The zero-order valence-corrected chi connectivity index (χ0v) is 15.2. The fraction of sp³-hybridized carbons (Fsp3) is 0.556. The molecule has 7 heteroatoms. The van der Waals surface area contributed by atoms with Gasteiger partial charge in [0.15, 0.2) is 0 Å². The van der Waals surface area contributed by atoms with Crippen LogP contribution in [0.15, 0.2) is 30.3 Å². The molecule has 0 bridgehead atoms. The number of aliphatic hydroxyl groups excluding tert-OH is 1. The Balaban J connectivity index is 2.21. The van der Waals surface area contributed by atoms with Gasteiger partial charge in [-0.25, -0.2) is 9.59 Å². The maximum Gasteiger partial charge on any atom is 0.407 e. The van der Waals surface area contributed by atoms with E-state index in [0.29, 0.717) is 0 Å². The number of carbonyl (C=O) groups is 2. The quantitative estimate of drug-likeness (QED) is 0.701. The van der Waals surface area contributed by atoms with Crippen LogP contribution in [0, 0.1) is 0 Å². The molecule has 1 rings (SSSR count). The number of aliphatic hydroxyl groups is 1. The van der Waals surface area contributed by atoms with E-state index in [-0.39, 0.29) is 25.6 Å². The summed E-state index contributed by atoms with van der Waals surface area (Å²) in [6, 6.07) is 9.01. The summed E-state index contributed by atoms with van der Waals surface area (Å²) in [6.07, 6.45) is -1.68. The molecule has 0 fully saturated rings. The van der Waals surface area contributed by atoms with Crippen molar-refractivity contribution in [2.75, 3.05) is 6.54 Å². The lowest BCUT2D eigenvalue weighted by Crippen LogP contribution is -2.41. The summed E-state index contributed by atoms with van der Waals surface area (Å²) in [7, 11) is 0. The van der Waals surface area contributed by atoms with Gasteiger partial charge in [-0.3, -0.25) is 0 Å². The molecule has 0 aromatic heterocycles. The molecule has 0 spiro atoms. The lowest BCUT2D eigenvalue weighted by atomic mass is 10.1. The van der Waals surface area contributed by atoms with Crippen molar-refractivity contribution in [3.63, 3.8) is 0 Å².